The summed E-state index contributed by atoms with van der Waals surface area (Å²) < 4.78 is 4.63. The molecular formula is C10H16O3. The molecule has 1 unspecified atom stereocenters. The second kappa shape index (κ2) is 7.59. The molecule has 0 aromatic carbocycles. The molecule has 0 aromatic heterocycles. The second-order valence-electron chi connectivity index (χ2n) is 2.59. The summed E-state index contributed by atoms with van der Waals surface area (Å²) in [6, 6.07) is 0. The zero-order valence-corrected chi connectivity index (χ0v) is 8.12. The monoisotopic (exact) mass is 184 g/mol. The highest BCUT2D eigenvalue weighted by atomic mass is 16.5. The van der Waals surface area contributed by atoms with Crippen molar-refractivity contribution in [3.63, 3.8) is 0 Å². The van der Waals surface area contributed by atoms with Gasteiger partial charge in [-0.15, -0.1) is 5.73 Å². The summed E-state index contributed by atoms with van der Waals surface area (Å²) in [4.78, 5) is 10.7. The first-order chi connectivity index (χ1) is 6.20. The zero-order chi connectivity index (χ0) is 10.1. The van der Waals surface area contributed by atoms with Gasteiger partial charge < -0.3 is 9.84 Å². The predicted molar refractivity (Wildman–Crippen MR) is 50.2 cm³/mol. The minimum atomic E-state index is -0.518. The molecule has 13 heavy (non-hydrogen) atoms. The molecule has 0 aliphatic heterocycles. The molecule has 3 nitrogen and oxygen atoms in total. The van der Waals surface area contributed by atoms with Gasteiger partial charge in [-0.25, -0.2) is 4.79 Å². The number of carbonyl (C=O) groups is 1. The van der Waals surface area contributed by atoms with Gasteiger partial charge in [0.1, 0.15) is 0 Å². The van der Waals surface area contributed by atoms with E-state index in [1.807, 2.05) is 6.92 Å². The lowest BCUT2D eigenvalue weighted by molar-refractivity contribution is -0.137. The van der Waals surface area contributed by atoms with Crippen LogP contribution in [-0.4, -0.2) is 23.8 Å². The molecule has 0 aliphatic rings. The summed E-state index contributed by atoms with van der Waals surface area (Å²) in [5.74, 6) is -0.428. The smallest absolute Gasteiger partial charge is 0.338 e. The fourth-order valence-corrected chi connectivity index (χ4v) is 0.790. The van der Waals surface area contributed by atoms with Gasteiger partial charge in [0.15, 0.2) is 0 Å². The maximum atomic E-state index is 10.7. The summed E-state index contributed by atoms with van der Waals surface area (Å²) in [5, 5.41) is 9.20. The van der Waals surface area contributed by atoms with Crippen LogP contribution in [0.3, 0.4) is 0 Å². The van der Waals surface area contributed by atoms with Crippen molar-refractivity contribution in [1.29, 1.82) is 0 Å². The Labute approximate surface area is 78.7 Å². The molecule has 0 bridgehead atoms. The van der Waals surface area contributed by atoms with Crippen molar-refractivity contribution in [2.75, 3.05) is 6.61 Å². The highest BCUT2D eigenvalue weighted by Gasteiger charge is 1.95. The van der Waals surface area contributed by atoms with E-state index in [1.165, 1.54) is 12.2 Å². The molecule has 1 N–H and O–H groups in total. The van der Waals surface area contributed by atoms with Gasteiger partial charge >= 0.3 is 5.97 Å². The summed E-state index contributed by atoms with van der Waals surface area (Å²) in [6.07, 6.45) is 3.71. The van der Waals surface area contributed by atoms with Crippen LogP contribution in [0.15, 0.2) is 17.9 Å². The Hall–Kier alpha value is -1.05. The number of esters is 1. The van der Waals surface area contributed by atoms with Crippen molar-refractivity contribution >= 4 is 5.97 Å². The van der Waals surface area contributed by atoms with Gasteiger partial charge in [-0.2, -0.15) is 0 Å². The number of rotatable bonds is 5. The van der Waals surface area contributed by atoms with E-state index in [0.717, 1.165) is 6.42 Å². The zero-order valence-electron chi connectivity index (χ0n) is 8.12. The van der Waals surface area contributed by atoms with Gasteiger partial charge in [-0.1, -0.05) is 13.3 Å². The van der Waals surface area contributed by atoms with Crippen LogP contribution in [0.2, 0.25) is 0 Å². The summed E-state index contributed by atoms with van der Waals surface area (Å²) in [6.45, 7) is 4.07. The highest BCUT2D eigenvalue weighted by molar-refractivity contribution is 5.81. The van der Waals surface area contributed by atoms with Crippen LogP contribution in [0.25, 0.3) is 0 Å². The van der Waals surface area contributed by atoms with Crippen LogP contribution >= 0.6 is 0 Å². The molecule has 0 saturated heterocycles. The first-order valence-electron chi connectivity index (χ1n) is 4.48. The number of ether oxygens (including phenoxy) is 1. The number of carbonyl (C=O) groups excluding carboxylic acids is 1. The van der Waals surface area contributed by atoms with Crippen LogP contribution in [0.5, 0.6) is 0 Å². The molecule has 0 radical (unpaired) electrons. The van der Waals surface area contributed by atoms with Crippen molar-refractivity contribution < 1.29 is 14.6 Å². The fourth-order valence-electron chi connectivity index (χ4n) is 0.790. The van der Waals surface area contributed by atoms with Gasteiger partial charge in [-0.05, 0) is 19.4 Å². The Morgan fingerprint density at radius 2 is 2.31 bits per heavy atom. The molecule has 0 aromatic rings. The maximum Gasteiger partial charge on any atom is 0.338 e. The highest BCUT2D eigenvalue weighted by Crippen LogP contribution is 1.95. The van der Waals surface area contributed by atoms with E-state index in [-0.39, 0.29) is 0 Å². The molecular weight excluding hydrogens is 168 g/mol. The summed E-state index contributed by atoms with van der Waals surface area (Å²) in [5.41, 5.74) is 2.58. The molecule has 3 heteroatoms. The van der Waals surface area contributed by atoms with Gasteiger partial charge in [-0.3, -0.25) is 0 Å². The fraction of sp³-hybridized carbons (Fsp3) is 0.600. The van der Waals surface area contributed by atoms with Crippen LogP contribution in [0, 0.1) is 0 Å². The quantitative estimate of drug-likeness (QED) is 0.399. The third-order valence-corrected chi connectivity index (χ3v) is 1.36. The van der Waals surface area contributed by atoms with Crippen molar-refractivity contribution in [1.82, 2.24) is 0 Å². The maximum absolute atomic E-state index is 10.7. The summed E-state index contributed by atoms with van der Waals surface area (Å²) >= 11 is 0. The average molecular weight is 184 g/mol. The largest absolute Gasteiger partial charge is 0.462 e. The Kier molecular flexibility index (Phi) is 6.98. The normalized spacial score (nSPS) is 11.3. The third-order valence-electron chi connectivity index (χ3n) is 1.36. The lowest BCUT2D eigenvalue weighted by Gasteiger charge is -1.98. The Bertz CT molecular complexity index is 202. The standard InChI is InChI=1S/C10H16O3/c1-3-6-9(11)7-5-8-10(12)13-4-2/h7-9,11H,3-4,6H2,1-2H3. The number of aliphatic hydroxyl groups is 1. The van der Waals surface area contributed by atoms with E-state index >= 15 is 0 Å². The molecule has 0 spiro atoms. The first kappa shape index (κ1) is 11.9. The average Bonchev–Trinajstić information content (AvgIpc) is 2.05. The lowest BCUT2D eigenvalue weighted by atomic mass is 10.2. The Morgan fingerprint density at radius 3 is 2.85 bits per heavy atom. The van der Waals surface area contributed by atoms with Gasteiger partial charge in [0.05, 0.1) is 18.8 Å². The topological polar surface area (TPSA) is 46.5 Å². The van der Waals surface area contributed by atoms with Gasteiger partial charge in [0.2, 0.25) is 0 Å². The van der Waals surface area contributed by atoms with E-state index in [0.29, 0.717) is 13.0 Å². The SMILES string of the molecule is CCCC(O)C=C=CC(=O)OCC. The lowest BCUT2D eigenvalue weighted by Crippen LogP contribution is -2.00. The van der Waals surface area contributed by atoms with Crippen molar-refractivity contribution in [3.05, 3.63) is 17.9 Å². The van der Waals surface area contributed by atoms with Crippen molar-refractivity contribution in [2.24, 2.45) is 0 Å². The first-order valence-corrected chi connectivity index (χ1v) is 4.48. The van der Waals surface area contributed by atoms with E-state index in [1.54, 1.807) is 6.92 Å². The molecule has 0 aliphatic carbocycles. The van der Waals surface area contributed by atoms with Gasteiger partial charge in [0, 0.05) is 0 Å². The van der Waals surface area contributed by atoms with Crippen LogP contribution in [0.1, 0.15) is 26.7 Å². The Balaban J connectivity index is 3.87. The molecule has 0 heterocycles. The number of hydrogen-bond acceptors (Lipinski definition) is 3. The van der Waals surface area contributed by atoms with E-state index in [9.17, 15) is 9.90 Å². The molecule has 0 rings (SSSR count). The van der Waals surface area contributed by atoms with Crippen LogP contribution in [0.4, 0.5) is 0 Å². The second-order valence-corrected chi connectivity index (χ2v) is 2.59. The van der Waals surface area contributed by atoms with E-state index in [2.05, 4.69) is 10.5 Å². The number of hydrogen-bond donors (Lipinski definition) is 1. The predicted octanol–water partition coefficient (Wildman–Crippen LogP) is 1.42. The molecule has 74 valence electrons. The van der Waals surface area contributed by atoms with Crippen molar-refractivity contribution in [3.8, 4) is 0 Å². The molecule has 0 amide bonds. The minimum Gasteiger partial charge on any atom is -0.462 e. The van der Waals surface area contributed by atoms with E-state index in [4.69, 9.17) is 0 Å². The molecule has 0 fully saturated rings. The Morgan fingerprint density at radius 1 is 1.62 bits per heavy atom. The molecule has 1 atom stereocenters. The van der Waals surface area contributed by atoms with Crippen molar-refractivity contribution in [2.45, 2.75) is 32.8 Å². The number of aliphatic hydroxyl groups excluding tert-OH is 1. The van der Waals surface area contributed by atoms with E-state index < -0.39 is 12.1 Å². The van der Waals surface area contributed by atoms with Gasteiger partial charge in [0.25, 0.3) is 0 Å². The van der Waals surface area contributed by atoms with Crippen LogP contribution in [-0.2, 0) is 9.53 Å². The molecule has 0 saturated carbocycles. The summed E-state index contributed by atoms with van der Waals surface area (Å²) in [7, 11) is 0. The third kappa shape index (κ3) is 7.32. The minimum absolute atomic E-state index is 0.356. The van der Waals surface area contributed by atoms with Crippen LogP contribution < -0.4 is 0 Å².